The van der Waals surface area contributed by atoms with Crippen LogP contribution >= 0.6 is 12.6 Å². The minimum atomic E-state index is -0.252. The molecule has 2 aromatic rings. The molecule has 2 aromatic carbocycles. The number of benzene rings is 2. The molecule has 19 heavy (non-hydrogen) atoms. The van der Waals surface area contributed by atoms with Crippen molar-refractivity contribution in [2.45, 2.75) is 17.6 Å². The highest BCUT2D eigenvalue weighted by atomic mass is 32.1. The van der Waals surface area contributed by atoms with Gasteiger partial charge in [0, 0.05) is 10.5 Å². The van der Waals surface area contributed by atoms with E-state index in [9.17, 15) is 0 Å². The van der Waals surface area contributed by atoms with E-state index in [0.717, 1.165) is 16.9 Å². The summed E-state index contributed by atoms with van der Waals surface area (Å²) in [5.74, 6) is 0. The van der Waals surface area contributed by atoms with Crippen molar-refractivity contribution in [3.63, 3.8) is 0 Å². The minimum absolute atomic E-state index is 0.252. The highest BCUT2D eigenvalue weighted by molar-refractivity contribution is 7.80. The van der Waals surface area contributed by atoms with Crippen LogP contribution in [0.5, 0.6) is 0 Å². The molecule has 1 saturated heterocycles. The number of rotatable bonds is 3. The zero-order chi connectivity index (χ0) is 13.1. The Hall–Kier alpha value is -1.29. The van der Waals surface area contributed by atoms with E-state index in [1.165, 1.54) is 11.1 Å². The minimum Gasteiger partial charge on any atom is -0.346 e. The first-order chi connectivity index (χ1) is 9.33. The van der Waals surface area contributed by atoms with Gasteiger partial charge >= 0.3 is 0 Å². The summed E-state index contributed by atoms with van der Waals surface area (Å²) in [6, 6.07) is 16.7. The monoisotopic (exact) mass is 272 g/mol. The van der Waals surface area contributed by atoms with E-state index in [2.05, 4.69) is 55.1 Å². The highest BCUT2D eigenvalue weighted by Crippen LogP contribution is 2.29. The third-order valence-electron chi connectivity index (χ3n) is 3.22. The van der Waals surface area contributed by atoms with E-state index in [-0.39, 0.29) is 6.29 Å². The molecular weight excluding hydrogens is 256 g/mol. The van der Waals surface area contributed by atoms with Crippen LogP contribution in [0.2, 0.25) is 0 Å². The fourth-order valence-electron chi connectivity index (χ4n) is 2.27. The lowest BCUT2D eigenvalue weighted by Crippen LogP contribution is -2.00. The first-order valence-corrected chi connectivity index (χ1v) is 6.86. The van der Waals surface area contributed by atoms with Gasteiger partial charge in [0.05, 0.1) is 13.2 Å². The predicted octanol–water partition coefficient (Wildman–Crippen LogP) is 3.61. The molecule has 0 saturated carbocycles. The van der Waals surface area contributed by atoms with Crippen LogP contribution in [0.15, 0.2) is 53.4 Å². The summed E-state index contributed by atoms with van der Waals surface area (Å²) >= 11 is 4.55. The van der Waals surface area contributed by atoms with Crippen LogP contribution in [-0.2, 0) is 15.9 Å². The summed E-state index contributed by atoms with van der Waals surface area (Å²) in [5, 5.41) is 0. The Morgan fingerprint density at radius 1 is 0.947 bits per heavy atom. The molecule has 1 aliphatic rings. The summed E-state index contributed by atoms with van der Waals surface area (Å²) < 4.78 is 11.0. The van der Waals surface area contributed by atoms with Crippen LogP contribution < -0.4 is 0 Å². The molecule has 0 radical (unpaired) electrons. The molecule has 0 atom stereocenters. The maximum Gasteiger partial charge on any atom is 0.185 e. The number of hydrogen-bond donors (Lipinski definition) is 1. The van der Waals surface area contributed by atoms with Crippen LogP contribution in [0.25, 0.3) is 0 Å². The molecule has 3 rings (SSSR count). The maximum absolute atomic E-state index is 5.51. The molecule has 0 bridgehead atoms. The molecule has 0 unspecified atom stereocenters. The first-order valence-electron chi connectivity index (χ1n) is 6.42. The molecule has 1 aliphatic heterocycles. The van der Waals surface area contributed by atoms with E-state index in [4.69, 9.17) is 9.47 Å². The SMILES string of the molecule is Sc1cc(Cc2ccccc2)ccc1C1OCCO1. The molecular formula is C16H16O2S. The van der Waals surface area contributed by atoms with E-state index in [0.29, 0.717) is 13.2 Å². The van der Waals surface area contributed by atoms with Gasteiger partial charge in [-0.15, -0.1) is 12.6 Å². The number of thiol groups is 1. The second-order valence-electron chi connectivity index (χ2n) is 4.63. The van der Waals surface area contributed by atoms with Gasteiger partial charge in [-0.1, -0.05) is 42.5 Å². The molecule has 0 amide bonds. The average Bonchev–Trinajstić information content (AvgIpc) is 2.94. The van der Waals surface area contributed by atoms with Crippen molar-refractivity contribution in [3.05, 3.63) is 65.2 Å². The van der Waals surface area contributed by atoms with Crippen molar-refractivity contribution in [1.29, 1.82) is 0 Å². The third kappa shape index (κ3) is 3.00. The lowest BCUT2D eigenvalue weighted by Gasteiger charge is -2.13. The molecule has 0 aromatic heterocycles. The number of hydrogen-bond acceptors (Lipinski definition) is 3. The van der Waals surface area contributed by atoms with Gasteiger partial charge in [0.15, 0.2) is 6.29 Å². The van der Waals surface area contributed by atoms with Gasteiger partial charge in [0.1, 0.15) is 0 Å². The van der Waals surface area contributed by atoms with Crippen molar-refractivity contribution < 1.29 is 9.47 Å². The summed E-state index contributed by atoms with van der Waals surface area (Å²) in [6.45, 7) is 1.31. The predicted molar refractivity (Wildman–Crippen MR) is 77.6 cm³/mol. The van der Waals surface area contributed by atoms with Crippen molar-refractivity contribution in [3.8, 4) is 0 Å². The van der Waals surface area contributed by atoms with Gasteiger partial charge in [-0.3, -0.25) is 0 Å². The molecule has 0 aliphatic carbocycles. The molecule has 1 fully saturated rings. The van der Waals surface area contributed by atoms with E-state index >= 15 is 0 Å². The van der Waals surface area contributed by atoms with Crippen LogP contribution in [-0.4, -0.2) is 13.2 Å². The molecule has 2 nitrogen and oxygen atoms in total. The van der Waals surface area contributed by atoms with Gasteiger partial charge in [-0.05, 0) is 23.6 Å². The number of ether oxygens (including phenoxy) is 2. The Morgan fingerprint density at radius 2 is 1.68 bits per heavy atom. The molecule has 1 heterocycles. The molecule has 98 valence electrons. The average molecular weight is 272 g/mol. The fraction of sp³-hybridized carbons (Fsp3) is 0.250. The standard InChI is InChI=1S/C16H16O2S/c19-15-11-13(10-12-4-2-1-3-5-12)6-7-14(15)16-17-8-9-18-16/h1-7,11,16,19H,8-10H2. The van der Waals surface area contributed by atoms with Gasteiger partial charge in [-0.25, -0.2) is 0 Å². The van der Waals surface area contributed by atoms with Crippen LogP contribution in [0.3, 0.4) is 0 Å². The van der Waals surface area contributed by atoms with Gasteiger partial charge in [0.2, 0.25) is 0 Å². The van der Waals surface area contributed by atoms with Crippen LogP contribution in [0.4, 0.5) is 0 Å². The second kappa shape index (κ2) is 5.78. The largest absolute Gasteiger partial charge is 0.346 e. The van der Waals surface area contributed by atoms with Crippen LogP contribution in [0.1, 0.15) is 23.0 Å². The Kier molecular flexibility index (Phi) is 3.87. The summed E-state index contributed by atoms with van der Waals surface area (Å²) in [6.07, 6.45) is 0.666. The van der Waals surface area contributed by atoms with Gasteiger partial charge in [-0.2, -0.15) is 0 Å². The first kappa shape index (κ1) is 12.7. The fourth-order valence-corrected chi connectivity index (χ4v) is 2.61. The summed E-state index contributed by atoms with van der Waals surface area (Å²) in [7, 11) is 0. The van der Waals surface area contributed by atoms with Crippen molar-refractivity contribution in [2.75, 3.05) is 13.2 Å². The Labute approximate surface area is 118 Å². The van der Waals surface area contributed by atoms with E-state index in [1.807, 2.05) is 6.07 Å². The summed E-state index contributed by atoms with van der Waals surface area (Å²) in [4.78, 5) is 0.931. The van der Waals surface area contributed by atoms with Gasteiger partial charge in [0.25, 0.3) is 0 Å². The lowest BCUT2D eigenvalue weighted by atomic mass is 10.0. The second-order valence-corrected chi connectivity index (χ2v) is 5.11. The molecule has 0 spiro atoms. The smallest absolute Gasteiger partial charge is 0.185 e. The Morgan fingerprint density at radius 3 is 2.37 bits per heavy atom. The highest BCUT2D eigenvalue weighted by Gasteiger charge is 2.20. The van der Waals surface area contributed by atoms with Gasteiger partial charge < -0.3 is 9.47 Å². The maximum atomic E-state index is 5.51. The lowest BCUT2D eigenvalue weighted by molar-refractivity contribution is -0.0460. The van der Waals surface area contributed by atoms with Crippen molar-refractivity contribution in [1.82, 2.24) is 0 Å². The zero-order valence-corrected chi connectivity index (χ0v) is 11.5. The Balaban J connectivity index is 1.79. The van der Waals surface area contributed by atoms with Crippen molar-refractivity contribution >= 4 is 12.6 Å². The summed E-state index contributed by atoms with van der Waals surface area (Å²) in [5.41, 5.74) is 3.56. The van der Waals surface area contributed by atoms with E-state index < -0.39 is 0 Å². The van der Waals surface area contributed by atoms with E-state index in [1.54, 1.807) is 0 Å². The zero-order valence-electron chi connectivity index (χ0n) is 10.6. The van der Waals surface area contributed by atoms with Crippen LogP contribution in [0, 0.1) is 0 Å². The molecule has 0 N–H and O–H groups in total. The topological polar surface area (TPSA) is 18.5 Å². The Bertz CT molecular complexity index is 548. The quantitative estimate of drug-likeness (QED) is 0.860. The van der Waals surface area contributed by atoms with Crippen molar-refractivity contribution in [2.24, 2.45) is 0 Å². The normalized spacial score (nSPS) is 15.8. The molecule has 3 heteroatoms. The third-order valence-corrected chi connectivity index (χ3v) is 3.61.